The average molecular weight is 907 g/mol. The molecule has 0 aliphatic rings. The Morgan fingerprint density at radius 2 is 0.600 bits per heavy atom. The molecule has 0 rings (SSSR count). The first-order chi connectivity index (χ1) is 32.0. The topological polar surface area (TPSA) is 78.9 Å². The van der Waals surface area contributed by atoms with Gasteiger partial charge in [-0.1, -0.05) is 229 Å². The molecule has 0 bridgehead atoms. The number of unbranched alkanes of at least 4 members (excludes halogenated alkanes) is 26. The van der Waals surface area contributed by atoms with E-state index >= 15 is 0 Å². The molecular formula is C59H102O6. The van der Waals surface area contributed by atoms with Crippen molar-refractivity contribution in [2.24, 2.45) is 0 Å². The van der Waals surface area contributed by atoms with Crippen LogP contribution in [0.4, 0.5) is 0 Å². The monoisotopic (exact) mass is 907 g/mol. The normalized spacial score (nSPS) is 12.6. The lowest BCUT2D eigenvalue weighted by Crippen LogP contribution is -2.30. The standard InChI is InChI=1S/C59H102O6/c1-4-7-10-13-16-19-22-24-26-27-28-29-30-31-33-34-37-40-43-46-49-52-58(61)64-55-56(54-63-57(60)51-48-45-42-39-36-21-18-15-12-9-6-3)65-59(62)53-50-47-44-41-38-35-32-25-23-20-17-14-11-8-5-2/h8,11,17,20,22,24-25,27-28,32,38,41,56H,4-7,9-10,12-16,18-19,21,23,26,29-31,33-37,39-40,42-55H2,1-3H3/b11-8-,20-17-,24-22-,28-27-,32-25-,41-38-. The lowest BCUT2D eigenvalue weighted by molar-refractivity contribution is -0.167. The number of carbonyl (C=O) groups excluding carboxylic acids is 3. The summed E-state index contributed by atoms with van der Waals surface area (Å²) in [5, 5.41) is 0. The predicted molar refractivity (Wildman–Crippen MR) is 279 cm³/mol. The predicted octanol–water partition coefficient (Wildman–Crippen LogP) is 18.2. The number of hydrogen-bond acceptors (Lipinski definition) is 6. The molecule has 0 aliphatic heterocycles. The summed E-state index contributed by atoms with van der Waals surface area (Å²) in [6.07, 6.45) is 67.5. The summed E-state index contributed by atoms with van der Waals surface area (Å²) in [6.45, 7) is 6.48. The van der Waals surface area contributed by atoms with Crippen LogP contribution in [0.5, 0.6) is 0 Å². The van der Waals surface area contributed by atoms with E-state index in [-0.39, 0.29) is 37.5 Å². The maximum absolute atomic E-state index is 12.8. The summed E-state index contributed by atoms with van der Waals surface area (Å²) in [6, 6.07) is 0. The fourth-order valence-corrected chi connectivity index (χ4v) is 7.58. The van der Waals surface area contributed by atoms with Crippen molar-refractivity contribution in [1.82, 2.24) is 0 Å². The van der Waals surface area contributed by atoms with E-state index in [0.29, 0.717) is 19.3 Å². The molecule has 0 saturated heterocycles. The van der Waals surface area contributed by atoms with Crippen molar-refractivity contribution in [3.05, 3.63) is 72.9 Å². The average Bonchev–Trinajstić information content (AvgIpc) is 3.30. The Balaban J connectivity index is 4.37. The molecule has 6 nitrogen and oxygen atoms in total. The lowest BCUT2D eigenvalue weighted by atomic mass is 10.1. The van der Waals surface area contributed by atoms with Gasteiger partial charge in [0.1, 0.15) is 13.2 Å². The first kappa shape index (κ1) is 61.9. The third kappa shape index (κ3) is 51.7. The first-order valence-electron chi connectivity index (χ1n) is 27.4. The molecule has 1 unspecified atom stereocenters. The van der Waals surface area contributed by atoms with Crippen molar-refractivity contribution in [3.8, 4) is 0 Å². The van der Waals surface area contributed by atoms with Gasteiger partial charge in [0.25, 0.3) is 0 Å². The molecule has 0 N–H and O–H groups in total. The van der Waals surface area contributed by atoms with Crippen LogP contribution in [-0.2, 0) is 28.6 Å². The Kier molecular flexibility index (Phi) is 50.9. The summed E-state index contributed by atoms with van der Waals surface area (Å²) in [4.78, 5) is 38.0. The molecule has 0 fully saturated rings. The van der Waals surface area contributed by atoms with Gasteiger partial charge in [-0.2, -0.15) is 0 Å². The van der Waals surface area contributed by atoms with Gasteiger partial charge in [0, 0.05) is 19.3 Å². The molecule has 6 heteroatoms. The van der Waals surface area contributed by atoms with Crippen molar-refractivity contribution in [3.63, 3.8) is 0 Å². The lowest BCUT2D eigenvalue weighted by Gasteiger charge is -2.18. The summed E-state index contributed by atoms with van der Waals surface area (Å²) in [7, 11) is 0. The minimum absolute atomic E-state index is 0.0918. The largest absolute Gasteiger partial charge is 0.462 e. The van der Waals surface area contributed by atoms with Crippen molar-refractivity contribution >= 4 is 17.9 Å². The van der Waals surface area contributed by atoms with E-state index < -0.39 is 6.10 Å². The van der Waals surface area contributed by atoms with Gasteiger partial charge < -0.3 is 14.2 Å². The Morgan fingerprint density at radius 3 is 0.969 bits per heavy atom. The highest BCUT2D eigenvalue weighted by Crippen LogP contribution is 2.15. The quantitative estimate of drug-likeness (QED) is 0.0262. The third-order valence-corrected chi connectivity index (χ3v) is 11.7. The van der Waals surface area contributed by atoms with E-state index in [9.17, 15) is 14.4 Å². The van der Waals surface area contributed by atoms with E-state index in [2.05, 4.69) is 93.7 Å². The van der Waals surface area contributed by atoms with Crippen LogP contribution in [0.25, 0.3) is 0 Å². The van der Waals surface area contributed by atoms with Gasteiger partial charge in [0.2, 0.25) is 0 Å². The zero-order chi connectivity index (χ0) is 47.2. The summed E-state index contributed by atoms with van der Waals surface area (Å²) < 4.78 is 16.8. The second-order valence-corrected chi connectivity index (χ2v) is 18.1. The minimum atomic E-state index is -0.796. The number of rotatable bonds is 49. The molecule has 1 atom stereocenters. The van der Waals surface area contributed by atoms with Gasteiger partial charge in [0.05, 0.1) is 0 Å². The Morgan fingerprint density at radius 1 is 0.323 bits per heavy atom. The fourth-order valence-electron chi connectivity index (χ4n) is 7.58. The second kappa shape index (κ2) is 53.5. The van der Waals surface area contributed by atoms with E-state index in [1.165, 1.54) is 135 Å². The van der Waals surface area contributed by atoms with Crippen LogP contribution in [0.1, 0.15) is 265 Å². The third-order valence-electron chi connectivity index (χ3n) is 11.7. The molecule has 0 aliphatic carbocycles. The number of allylic oxidation sites excluding steroid dienone is 12. The van der Waals surface area contributed by atoms with E-state index in [0.717, 1.165) is 83.5 Å². The number of esters is 3. The van der Waals surface area contributed by atoms with Gasteiger partial charge >= 0.3 is 17.9 Å². The van der Waals surface area contributed by atoms with Crippen LogP contribution >= 0.6 is 0 Å². The zero-order valence-corrected chi connectivity index (χ0v) is 42.7. The highest BCUT2D eigenvalue weighted by atomic mass is 16.6. The maximum atomic E-state index is 12.8. The van der Waals surface area contributed by atoms with Gasteiger partial charge in [-0.3, -0.25) is 14.4 Å². The molecule has 0 spiro atoms. The highest BCUT2D eigenvalue weighted by Gasteiger charge is 2.19. The SMILES string of the molecule is CC/C=C\C/C=C\C/C=C\C/C=C\CCCCC(=O)OC(COC(=O)CCCCCCCCCCC/C=C\C/C=C\CCCCCCC)COC(=O)CCCCCCCCCCCCC. The zero-order valence-electron chi connectivity index (χ0n) is 42.7. The molecule has 374 valence electrons. The Bertz CT molecular complexity index is 1230. The number of ether oxygens (including phenoxy) is 3. The van der Waals surface area contributed by atoms with Gasteiger partial charge in [-0.15, -0.1) is 0 Å². The second-order valence-electron chi connectivity index (χ2n) is 18.1. The van der Waals surface area contributed by atoms with Crippen molar-refractivity contribution in [2.75, 3.05) is 13.2 Å². The first-order valence-corrected chi connectivity index (χ1v) is 27.4. The summed E-state index contributed by atoms with van der Waals surface area (Å²) >= 11 is 0. The minimum Gasteiger partial charge on any atom is -0.462 e. The van der Waals surface area contributed by atoms with E-state index in [1.807, 2.05) is 0 Å². The van der Waals surface area contributed by atoms with Gasteiger partial charge in [-0.05, 0) is 89.9 Å². The van der Waals surface area contributed by atoms with Crippen LogP contribution in [0.3, 0.4) is 0 Å². The Labute approximate surface area is 402 Å². The Hall–Kier alpha value is -3.15. The fraction of sp³-hybridized carbons (Fsp3) is 0.746. The number of carbonyl (C=O) groups is 3. The van der Waals surface area contributed by atoms with Crippen molar-refractivity contribution in [1.29, 1.82) is 0 Å². The molecular weight excluding hydrogens is 805 g/mol. The molecule has 0 radical (unpaired) electrons. The van der Waals surface area contributed by atoms with Crippen LogP contribution in [0.2, 0.25) is 0 Å². The van der Waals surface area contributed by atoms with Crippen molar-refractivity contribution in [2.45, 2.75) is 271 Å². The summed E-state index contributed by atoms with van der Waals surface area (Å²) in [5.74, 6) is -0.934. The summed E-state index contributed by atoms with van der Waals surface area (Å²) in [5.41, 5.74) is 0. The molecule has 0 aromatic heterocycles. The van der Waals surface area contributed by atoms with Crippen LogP contribution in [-0.4, -0.2) is 37.2 Å². The van der Waals surface area contributed by atoms with Crippen LogP contribution in [0, 0.1) is 0 Å². The number of hydrogen-bond donors (Lipinski definition) is 0. The van der Waals surface area contributed by atoms with Crippen LogP contribution < -0.4 is 0 Å². The molecule has 65 heavy (non-hydrogen) atoms. The van der Waals surface area contributed by atoms with E-state index in [4.69, 9.17) is 14.2 Å². The maximum Gasteiger partial charge on any atom is 0.306 e. The van der Waals surface area contributed by atoms with Gasteiger partial charge in [-0.25, -0.2) is 0 Å². The smallest absolute Gasteiger partial charge is 0.306 e. The van der Waals surface area contributed by atoms with Gasteiger partial charge in [0.15, 0.2) is 6.10 Å². The molecule has 0 aromatic rings. The molecule has 0 amide bonds. The molecule has 0 saturated carbocycles. The molecule has 0 aromatic carbocycles. The highest BCUT2D eigenvalue weighted by molar-refractivity contribution is 5.71. The van der Waals surface area contributed by atoms with E-state index in [1.54, 1.807) is 0 Å². The van der Waals surface area contributed by atoms with Crippen molar-refractivity contribution < 1.29 is 28.6 Å². The van der Waals surface area contributed by atoms with Crippen LogP contribution in [0.15, 0.2) is 72.9 Å². The molecule has 0 heterocycles.